The Bertz CT molecular complexity index is 685. The van der Waals surface area contributed by atoms with Crippen LogP contribution in [0.2, 0.25) is 0 Å². The molecule has 2 aliphatic heterocycles. The van der Waals surface area contributed by atoms with Gasteiger partial charge in [-0.3, -0.25) is 9.69 Å². The van der Waals surface area contributed by atoms with Crippen molar-refractivity contribution < 1.29 is 19.1 Å². The molecule has 6 nitrogen and oxygen atoms in total. The predicted octanol–water partition coefficient (Wildman–Crippen LogP) is 3.06. The Kier molecular flexibility index (Phi) is 5.47. The fraction of sp³-hybridized carbons (Fsp3) is 0.619. The number of benzene rings is 1. The van der Waals surface area contributed by atoms with Crippen LogP contribution < -0.4 is 0 Å². The highest BCUT2D eigenvalue weighted by Gasteiger charge is 2.60. The van der Waals surface area contributed by atoms with Crippen molar-refractivity contribution in [3.63, 3.8) is 0 Å². The standard InChI is InChI=1S/C21H30N2O4/c1-5-26-18(24)21-11-12-23(19(25)27-20(2,3)4)17(21)14-22(15-21)13-16-9-7-6-8-10-16/h6-10,17H,5,11-15H2,1-4H3. The Morgan fingerprint density at radius 3 is 2.56 bits per heavy atom. The molecule has 2 aliphatic rings. The zero-order valence-electron chi connectivity index (χ0n) is 16.7. The van der Waals surface area contributed by atoms with Crippen LogP contribution in [0.3, 0.4) is 0 Å². The van der Waals surface area contributed by atoms with Crippen LogP contribution in [0.15, 0.2) is 30.3 Å². The monoisotopic (exact) mass is 374 g/mol. The van der Waals surface area contributed by atoms with Crippen molar-refractivity contribution in [2.75, 3.05) is 26.2 Å². The minimum absolute atomic E-state index is 0.198. The van der Waals surface area contributed by atoms with Crippen LogP contribution in [0.25, 0.3) is 0 Å². The van der Waals surface area contributed by atoms with Gasteiger partial charge in [0, 0.05) is 26.2 Å². The lowest BCUT2D eigenvalue weighted by molar-refractivity contribution is -0.155. The maximum Gasteiger partial charge on any atom is 0.410 e. The summed E-state index contributed by atoms with van der Waals surface area (Å²) in [6.07, 6.45) is 0.265. The normalized spacial score (nSPS) is 25.3. The average molecular weight is 374 g/mol. The summed E-state index contributed by atoms with van der Waals surface area (Å²) in [4.78, 5) is 29.6. The molecule has 0 aliphatic carbocycles. The fourth-order valence-electron chi connectivity index (χ4n) is 4.19. The number of likely N-dealkylation sites (tertiary alicyclic amines) is 2. The first-order valence-corrected chi connectivity index (χ1v) is 9.68. The van der Waals surface area contributed by atoms with Crippen LogP contribution in [0, 0.1) is 5.41 Å². The molecule has 0 N–H and O–H groups in total. The average Bonchev–Trinajstić information content (AvgIpc) is 3.10. The lowest BCUT2D eigenvalue weighted by atomic mass is 9.83. The molecule has 0 bridgehead atoms. The van der Waals surface area contributed by atoms with E-state index in [0.29, 0.717) is 32.7 Å². The van der Waals surface area contributed by atoms with Crippen LogP contribution in [0.5, 0.6) is 0 Å². The van der Waals surface area contributed by atoms with Crippen molar-refractivity contribution in [2.45, 2.75) is 52.3 Å². The Hall–Kier alpha value is -2.08. The molecular formula is C21H30N2O4. The summed E-state index contributed by atoms with van der Waals surface area (Å²) in [6.45, 7) is 10.3. The first-order valence-electron chi connectivity index (χ1n) is 9.68. The molecule has 0 spiro atoms. The van der Waals surface area contributed by atoms with E-state index in [1.165, 1.54) is 5.56 Å². The molecular weight excluding hydrogens is 344 g/mol. The van der Waals surface area contributed by atoms with E-state index in [9.17, 15) is 9.59 Å². The lowest BCUT2D eigenvalue weighted by Gasteiger charge is -2.31. The third-order valence-electron chi connectivity index (χ3n) is 5.31. The third-order valence-corrected chi connectivity index (χ3v) is 5.31. The van der Waals surface area contributed by atoms with Gasteiger partial charge in [0.1, 0.15) is 11.0 Å². The number of fused-ring (bicyclic) bond motifs is 1. The number of hydrogen-bond donors (Lipinski definition) is 0. The minimum atomic E-state index is -0.665. The molecule has 27 heavy (non-hydrogen) atoms. The second-order valence-electron chi connectivity index (χ2n) is 8.47. The number of hydrogen-bond acceptors (Lipinski definition) is 5. The van der Waals surface area contributed by atoms with Gasteiger partial charge < -0.3 is 14.4 Å². The van der Waals surface area contributed by atoms with E-state index in [-0.39, 0.29) is 18.1 Å². The van der Waals surface area contributed by atoms with Gasteiger partial charge in [-0.05, 0) is 39.7 Å². The quantitative estimate of drug-likeness (QED) is 0.758. The summed E-state index contributed by atoms with van der Waals surface area (Å²) >= 11 is 0. The topological polar surface area (TPSA) is 59.1 Å². The Morgan fingerprint density at radius 2 is 1.93 bits per heavy atom. The number of ether oxygens (including phenoxy) is 2. The summed E-state index contributed by atoms with van der Waals surface area (Å²) in [5, 5.41) is 0. The Balaban J connectivity index is 1.81. The maximum atomic E-state index is 12.9. The smallest absolute Gasteiger partial charge is 0.410 e. The van der Waals surface area contributed by atoms with Gasteiger partial charge in [0.15, 0.2) is 0 Å². The summed E-state index contributed by atoms with van der Waals surface area (Å²) in [5.74, 6) is -0.198. The molecule has 2 unspecified atom stereocenters. The van der Waals surface area contributed by atoms with E-state index in [1.807, 2.05) is 45.9 Å². The number of carbonyl (C=O) groups is 2. The fourth-order valence-corrected chi connectivity index (χ4v) is 4.19. The minimum Gasteiger partial charge on any atom is -0.465 e. The van der Waals surface area contributed by atoms with Crippen LogP contribution in [0.1, 0.15) is 39.7 Å². The third kappa shape index (κ3) is 4.10. The van der Waals surface area contributed by atoms with Gasteiger partial charge in [-0.25, -0.2) is 4.79 Å². The van der Waals surface area contributed by atoms with Crippen LogP contribution >= 0.6 is 0 Å². The molecule has 2 fully saturated rings. The molecule has 1 aromatic carbocycles. The number of rotatable bonds is 4. The van der Waals surface area contributed by atoms with Gasteiger partial charge in [0.25, 0.3) is 0 Å². The van der Waals surface area contributed by atoms with Crippen LogP contribution in [0.4, 0.5) is 4.79 Å². The number of amides is 1. The van der Waals surface area contributed by atoms with Crippen molar-refractivity contribution >= 4 is 12.1 Å². The van der Waals surface area contributed by atoms with Gasteiger partial charge in [-0.1, -0.05) is 30.3 Å². The molecule has 1 amide bonds. The number of esters is 1. The largest absolute Gasteiger partial charge is 0.465 e. The molecule has 2 heterocycles. The van der Waals surface area contributed by atoms with E-state index in [4.69, 9.17) is 9.47 Å². The molecule has 148 valence electrons. The Morgan fingerprint density at radius 1 is 1.22 bits per heavy atom. The van der Waals surface area contributed by atoms with Crippen molar-refractivity contribution in [3.05, 3.63) is 35.9 Å². The SMILES string of the molecule is CCOC(=O)C12CCN(C(=O)OC(C)(C)C)C1CN(Cc1ccccc1)C2. The molecule has 2 atom stereocenters. The van der Waals surface area contributed by atoms with E-state index >= 15 is 0 Å². The second kappa shape index (κ2) is 7.50. The molecule has 0 saturated carbocycles. The van der Waals surface area contributed by atoms with Crippen LogP contribution in [-0.2, 0) is 20.8 Å². The molecule has 3 rings (SSSR count). The van der Waals surface area contributed by atoms with Gasteiger partial charge in [0.2, 0.25) is 0 Å². The van der Waals surface area contributed by atoms with Crippen molar-refractivity contribution in [1.82, 2.24) is 9.80 Å². The molecule has 0 radical (unpaired) electrons. The first kappa shape index (κ1) is 19.7. The predicted molar refractivity (Wildman–Crippen MR) is 102 cm³/mol. The Labute approximate surface area is 161 Å². The summed E-state index contributed by atoms with van der Waals surface area (Å²) in [6, 6.07) is 9.97. The van der Waals surface area contributed by atoms with E-state index in [0.717, 1.165) is 6.54 Å². The van der Waals surface area contributed by atoms with Gasteiger partial charge in [0.05, 0.1) is 12.6 Å². The van der Waals surface area contributed by atoms with Crippen LogP contribution in [-0.4, -0.2) is 59.7 Å². The first-order chi connectivity index (χ1) is 12.7. The molecule has 0 aromatic heterocycles. The van der Waals surface area contributed by atoms with Gasteiger partial charge >= 0.3 is 12.1 Å². The second-order valence-corrected chi connectivity index (χ2v) is 8.47. The molecule has 6 heteroatoms. The summed E-state index contributed by atoms with van der Waals surface area (Å²) in [7, 11) is 0. The lowest BCUT2D eigenvalue weighted by Crippen LogP contribution is -2.47. The van der Waals surface area contributed by atoms with Crippen molar-refractivity contribution in [3.8, 4) is 0 Å². The van der Waals surface area contributed by atoms with Crippen molar-refractivity contribution in [1.29, 1.82) is 0 Å². The van der Waals surface area contributed by atoms with Gasteiger partial charge in [-0.2, -0.15) is 0 Å². The van der Waals surface area contributed by atoms with E-state index < -0.39 is 11.0 Å². The van der Waals surface area contributed by atoms with E-state index in [1.54, 1.807) is 4.90 Å². The highest BCUT2D eigenvalue weighted by molar-refractivity contribution is 5.81. The zero-order chi connectivity index (χ0) is 19.7. The highest BCUT2D eigenvalue weighted by atomic mass is 16.6. The molecule has 2 saturated heterocycles. The summed E-state index contributed by atoms with van der Waals surface area (Å²) in [5.41, 5.74) is -0.0312. The van der Waals surface area contributed by atoms with Gasteiger partial charge in [-0.15, -0.1) is 0 Å². The summed E-state index contributed by atoms with van der Waals surface area (Å²) < 4.78 is 11.0. The number of carbonyl (C=O) groups excluding carboxylic acids is 2. The van der Waals surface area contributed by atoms with Crippen molar-refractivity contribution in [2.24, 2.45) is 5.41 Å². The molecule has 1 aromatic rings. The zero-order valence-corrected chi connectivity index (χ0v) is 16.7. The highest BCUT2D eigenvalue weighted by Crippen LogP contribution is 2.45. The number of nitrogens with zero attached hydrogens (tertiary/aromatic N) is 2. The van der Waals surface area contributed by atoms with E-state index in [2.05, 4.69) is 17.0 Å². The maximum absolute atomic E-state index is 12.9.